The Labute approximate surface area is 185 Å². The minimum Gasteiger partial charge on any atom is -0.459 e. The minimum absolute atomic E-state index is 0.110. The predicted molar refractivity (Wildman–Crippen MR) is 120 cm³/mol. The third-order valence-electron chi connectivity index (χ3n) is 4.98. The number of carbonyl (C=O) groups is 1. The van der Waals surface area contributed by atoms with Crippen molar-refractivity contribution in [1.29, 1.82) is 0 Å². The number of hydrogen-bond donors (Lipinski definition) is 1. The largest absolute Gasteiger partial charge is 0.459 e. The molecule has 0 radical (unpaired) electrons. The lowest BCUT2D eigenvalue weighted by Crippen LogP contribution is -2.41. The molecule has 8 heteroatoms. The van der Waals surface area contributed by atoms with E-state index in [9.17, 15) is 17.6 Å². The summed E-state index contributed by atoms with van der Waals surface area (Å²) in [6.45, 7) is 1.31. The van der Waals surface area contributed by atoms with Crippen molar-refractivity contribution in [3.63, 3.8) is 0 Å². The molecule has 1 aromatic heterocycles. The lowest BCUT2D eigenvalue weighted by molar-refractivity contribution is -0.120. The molecule has 0 saturated heterocycles. The third-order valence-corrected chi connectivity index (χ3v) is 6.77. The monoisotopic (exact) mass is 452 g/mol. The highest BCUT2D eigenvalue weighted by molar-refractivity contribution is 7.92. The van der Waals surface area contributed by atoms with E-state index in [1.807, 2.05) is 30.3 Å². The van der Waals surface area contributed by atoms with Gasteiger partial charge in [-0.3, -0.25) is 9.10 Å². The van der Waals surface area contributed by atoms with Crippen LogP contribution in [-0.4, -0.2) is 20.9 Å². The Kier molecular flexibility index (Phi) is 5.96. The van der Waals surface area contributed by atoms with Gasteiger partial charge in [0.05, 0.1) is 16.6 Å². The molecule has 32 heavy (non-hydrogen) atoms. The first kappa shape index (κ1) is 21.6. The Bertz CT molecular complexity index is 1300. The molecule has 164 valence electrons. The molecular formula is C24H21FN2O4S. The second-order valence-electron chi connectivity index (χ2n) is 7.28. The number of nitrogens with one attached hydrogen (secondary N) is 1. The summed E-state index contributed by atoms with van der Waals surface area (Å²) in [5.41, 5.74) is 1.02. The lowest BCUT2D eigenvalue weighted by Gasteiger charge is -2.24. The average Bonchev–Trinajstić information content (AvgIpc) is 3.23. The van der Waals surface area contributed by atoms with Crippen LogP contribution in [0.4, 0.5) is 10.1 Å². The Balaban J connectivity index is 1.58. The number of rotatable bonds is 7. The molecular weight excluding hydrogens is 431 g/mol. The highest BCUT2D eigenvalue weighted by atomic mass is 32.2. The van der Waals surface area contributed by atoms with E-state index in [4.69, 9.17) is 4.42 Å². The molecule has 0 aliphatic heterocycles. The van der Waals surface area contributed by atoms with Gasteiger partial charge in [-0.05, 0) is 55.5 Å². The molecule has 0 bridgehead atoms. The van der Waals surface area contributed by atoms with Crippen molar-refractivity contribution in [1.82, 2.24) is 5.32 Å². The number of nitrogens with zero attached hydrogens (tertiary/aromatic N) is 1. The van der Waals surface area contributed by atoms with Crippen molar-refractivity contribution in [2.45, 2.75) is 17.9 Å². The smallest absolute Gasteiger partial charge is 0.264 e. The summed E-state index contributed by atoms with van der Waals surface area (Å²) >= 11 is 0. The van der Waals surface area contributed by atoms with Crippen LogP contribution in [0, 0.1) is 5.82 Å². The van der Waals surface area contributed by atoms with Crippen LogP contribution < -0.4 is 9.62 Å². The molecule has 1 unspecified atom stereocenters. The minimum atomic E-state index is -4.10. The fraction of sp³-hybridized carbons (Fsp3) is 0.125. The van der Waals surface area contributed by atoms with Gasteiger partial charge in [0.15, 0.2) is 0 Å². The van der Waals surface area contributed by atoms with Crippen LogP contribution >= 0.6 is 0 Å². The van der Waals surface area contributed by atoms with Crippen LogP contribution in [0.15, 0.2) is 94.2 Å². The van der Waals surface area contributed by atoms with Crippen LogP contribution in [-0.2, 0) is 14.8 Å². The van der Waals surface area contributed by atoms with Crippen molar-refractivity contribution >= 4 is 32.6 Å². The Morgan fingerprint density at radius 2 is 1.66 bits per heavy atom. The molecule has 1 heterocycles. The molecule has 1 amide bonds. The zero-order chi connectivity index (χ0) is 22.7. The first-order valence-electron chi connectivity index (χ1n) is 9.96. The van der Waals surface area contributed by atoms with Crippen molar-refractivity contribution in [2.24, 2.45) is 0 Å². The second-order valence-corrected chi connectivity index (χ2v) is 9.14. The summed E-state index contributed by atoms with van der Waals surface area (Å²) in [6.07, 6.45) is 0. The first-order valence-corrected chi connectivity index (χ1v) is 11.4. The summed E-state index contributed by atoms with van der Waals surface area (Å²) in [6, 6.07) is 21.6. The number of furan rings is 1. The number of carbonyl (C=O) groups excluding carboxylic acids is 1. The van der Waals surface area contributed by atoms with E-state index >= 15 is 0 Å². The maximum absolute atomic E-state index is 13.3. The van der Waals surface area contributed by atoms with Gasteiger partial charge in [0, 0.05) is 5.39 Å². The second kappa shape index (κ2) is 8.84. The fourth-order valence-electron chi connectivity index (χ4n) is 3.35. The Morgan fingerprint density at radius 3 is 2.34 bits per heavy atom. The zero-order valence-electron chi connectivity index (χ0n) is 17.2. The van der Waals surface area contributed by atoms with Gasteiger partial charge in [0.1, 0.15) is 23.7 Å². The molecule has 0 fully saturated rings. The van der Waals surface area contributed by atoms with Crippen LogP contribution in [0.3, 0.4) is 0 Å². The van der Waals surface area contributed by atoms with Gasteiger partial charge in [0.2, 0.25) is 5.91 Å². The van der Waals surface area contributed by atoms with Gasteiger partial charge in [-0.1, -0.05) is 36.4 Å². The summed E-state index contributed by atoms with van der Waals surface area (Å²) in [7, 11) is -4.10. The van der Waals surface area contributed by atoms with Crippen molar-refractivity contribution < 1.29 is 22.0 Å². The summed E-state index contributed by atoms with van der Waals surface area (Å²) < 4.78 is 46.6. The van der Waals surface area contributed by atoms with E-state index in [1.165, 1.54) is 12.1 Å². The van der Waals surface area contributed by atoms with Crippen LogP contribution in [0.2, 0.25) is 0 Å². The van der Waals surface area contributed by atoms with Crippen molar-refractivity contribution in [2.75, 3.05) is 10.8 Å². The molecule has 0 aliphatic rings. The van der Waals surface area contributed by atoms with Crippen LogP contribution in [0.1, 0.15) is 18.7 Å². The Hall–Kier alpha value is -3.65. The fourth-order valence-corrected chi connectivity index (χ4v) is 4.77. The maximum Gasteiger partial charge on any atom is 0.264 e. The Morgan fingerprint density at radius 1 is 1.00 bits per heavy atom. The molecule has 3 aromatic carbocycles. The number of benzene rings is 3. The quantitative estimate of drug-likeness (QED) is 0.443. The van der Waals surface area contributed by atoms with E-state index < -0.39 is 34.3 Å². The molecule has 1 N–H and O–H groups in total. The van der Waals surface area contributed by atoms with E-state index in [0.717, 1.165) is 21.8 Å². The van der Waals surface area contributed by atoms with Crippen LogP contribution in [0.5, 0.6) is 0 Å². The van der Waals surface area contributed by atoms with E-state index in [1.54, 1.807) is 37.3 Å². The maximum atomic E-state index is 13.3. The first-order chi connectivity index (χ1) is 15.3. The lowest BCUT2D eigenvalue weighted by atomic mass is 10.2. The van der Waals surface area contributed by atoms with Gasteiger partial charge in [-0.25, -0.2) is 12.8 Å². The number of amides is 1. The molecule has 0 aliphatic carbocycles. The summed E-state index contributed by atoms with van der Waals surface area (Å²) in [5, 5.41) is 3.70. The van der Waals surface area contributed by atoms with Gasteiger partial charge < -0.3 is 9.73 Å². The normalized spacial score (nSPS) is 12.4. The molecule has 0 spiro atoms. The number of para-hydroxylation sites is 2. The molecule has 0 saturated carbocycles. The van der Waals surface area contributed by atoms with Gasteiger partial charge in [0.25, 0.3) is 10.0 Å². The van der Waals surface area contributed by atoms with Crippen molar-refractivity contribution in [3.8, 4) is 0 Å². The molecule has 4 rings (SSSR count). The zero-order valence-corrected chi connectivity index (χ0v) is 18.1. The molecule has 4 aromatic rings. The third kappa shape index (κ3) is 4.50. The molecule has 6 nitrogen and oxygen atoms in total. The van der Waals surface area contributed by atoms with E-state index in [2.05, 4.69) is 5.32 Å². The van der Waals surface area contributed by atoms with Gasteiger partial charge >= 0.3 is 0 Å². The summed E-state index contributed by atoms with van der Waals surface area (Å²) in [5.74, 6) is -0.493. The molecule has 1 atom stereocenters. The predicted octanol–water partition coefficient (Wildman–Crippen LogP) is 4.64. The number of fused-ring (bicyclic) bond motifs is 1. The van der Waals surface area contributed by atoms with Gasteiger partial charge in [-0.15, -0.1) is 0 Å². The number of hydrogen-bond acceptors (Lipinski definition) is 4. The van der Waals surface area contributed by atoms with E-state index in [-0.39, 0.29) is 4.90 Å². The number of anilines is 1. The van der Waals surface area contributed by atoms with E-state index in [0.29, 0.717) is 17.0 Å². The topological polar surface area (TPSA) is 79.6 Å². The number of sulfonamides is 1. The summed E-state index contributed by atoms with van der Waals surface area (Å²) in [4.78, 5) is 12.7. The standard InChI is InChI=1S/C24H21FN2O4S/c1-17(23-15-18-7-5-6-10-22(18)31-23)26-24(28)16-27(20-8-3-2-4-9-20)32(29,30)21-13-11-19(25)12-14-21/h2-15,17H,16H2,1H3,(H,26,28). The van der Waals surface area contributed by atoms with Gasteiger partial charge in [-0.2, -0.15) is 0 Å². The van der Waals surface area contributed by atoms with Crippen molar-refractivity contribution in [3.05, 3.63) is 96.5 Å². The number of halogens is 1. The SMILES string of the molecule is CC(NC(=O)CN(c1ccccc1)S(=O)(=O)c1ccc(F)cc1)c1cc2ccccc2o1. The van der Waals surface area contributed by atoms with Crippen LogP contribution in [0.25, 0.3) is 11.0 Å². The average molecular weight is 453 g/mol. The highest BCUT2D eigenvalue weighted by Crippen LogP contribution is 2.25. The highest BCUT2D eigenvalue weighted by Gasteiger charge is 2.28.